The fourth-order valence-corrected chi connectivity index (χ4v) is 2.41. The molecule has 0 aliphatic heterocycles. The van der Waals surface area contributed by atoms with Crippen molar-refractivity contribution in [3.63, 3.8) is 0 Å². The average molecular weight is 437 g/mol. The van der Waals surface area contributed by atoms with Crippen molar-refractivity contribution in [2.45, 2.75) is 64.8 Å². The van der Waals surface area contributed by atoms with Crippen LogP contribution >= 0.6 is 24.0 Å². The Labute approximate surface area is 157 Å². The van der Waals surface area contributed by atoms with Gasteiger partial charge in [-0.1, -0.05) is 25.0 Å². The molecule has 0 aromatic rings. The average Bonchev–Trinajstić information content (AvgIpc) is 2.99. The molecule has 0 bridgehead atoms. The highest BCUT2D eigenvalue weighted by Gasteiger charge is 2.11. The van der Waals surface area contributed by atoms with Gasteiger partial charge in [0.25, 0.3) is 0 Å². The van der Waals surface area contributed by atoms with Gasteiger partial charge in [0.1, 0.15) is 0 Å². The number of unbranched alkanes of at least 4 members (excludes halogenated alkanes) is 3. The minimum absolute atomic E-state index is 0. The predicted molar refractivity (Wildman–Crippen MR) is 106 cm³/mol. The lowest BCUT2D eigenvalue weighted by Crippen LogP contribution is -2.42. The molecule has 2 N–H and O–H groups in total. The zero-order valence-electron chi connectivity index (χ0n) is 14.5. The van der Waals surface area contributed by atoms with E-state index in [9.17, 15) is 4.79 Å². The third-order valence-corrected chi connectivity index (χ3v) is 3.56. The topological polar surface area (TPSA) is 62.7 Å². The van der Waals surface area contributed by atoms with E-state index in [1.165, 1.54) is 0 Å². The molecule has 0 unspecified atom stereocenters. The number of rotatable bonds is 10. The standard InChI is InChI=1S/C17H31N3O2.HI/c1-3-18-17(20-15-11-8-9-12-15)19-14-10-6-5-7-13-16(21)22-4-2;/h8-9,15H,3-7,10-14H2,1-2H3,(H2,18,19,20);1H. The lowest BCUT2D eigenvalue weighted by atomic mass is 10.1. The maximum absolute atomic E-state index is 11.2. The lowest BCUT2D eigenvalue weighted by Gasteiger charge is -2.16. The Hall–Kier alpha value is -0.790. The van der Waals surface area contributed by atoms with Crippen LogP contribution in [0.3, 0.4) is 0 Å². The number of guanidine groups is 1. The van der Waals surface area contributed by atoms with Gasteiger partial charge in [-0.3, -0.25) is 9.79 Å². The highest BCUT2D eigenvalue weighted by atomic mass is 127. The van der Waals surface area contributed by atoms with Crippen LogP contribution < -0.4 is 10.6 Å². The van der Waals surface area contributed by atoms with Crippen molar-refractivity contribution in [1.82, 2.24) is 10.6 Å². The molecule has 0 saturated carbocycles. The number of nitrogens with zero attached hydrogens (tertiary/aromatic N) is 1. The number of nitrogens with one attached hydrogen (secondary N) is 2. The van der Waals surface area contributed by atoms with Gasteiger partial charge in [0.05, 0.1) is 6.61 Å². The van der Waals surface area contributed by atoms with Crippen molar-refractivity contribution in [3.8, 4) is 0 Å². The molecule has 0 spiro atoms. The Morgan fingerprint density at radius 1 is 1.17 bits per heavy atom. The molecule has 1 aliphatic rings. The summed E-state index contributed by atoms with van der Waals surface area (Å²) in [6.45, 7) is 6.11. The molecule has 0 heterocycles. The van der Waals surface area contributed by atoms with Gasteiger partial charge >= 0.3 is 5.97 Å². The monoisotopic (exact) mass is 437 g/mol. The molecule has 5 nitrogen and oxygen atoms in total. The summed E-state index contributed by atoms with van der Waals surface area (Å²) in [5.74, 6) is 0.840. The smallest absolute Gasteiger partial charge is 0.305 e. The minimum atomic E-state index is -0.0793. The first-order valence-electron chi connectivity index (χ1n) is 8.61. The van der Waals surface area contributed by atoms with Gasteiger partial charge in [-0.15, -0.1) is 24.0 Å². The van der Waals surface area contributed by atoms with Gasteiger partial charge in [-0.25, -0.2) is 0 Å². The third-order valence-electron chi connectivity index (χ3n) is 3.56. The number of hydrogen-bond acceptors (Lipinski definition) is 3. The van der Waals surface area contributed by atoms with E-state index in [0.29, 0.717) is 19.1 Å². The summed E-state index contributed by atoms with van der Waals surface area (Å²) >= 11 is 0. The second-order valence-corrected chi connectivity index (χ2v) is 5.51. The number of halogens is 1. The Morgan fingerprint density at radius 2 is 1.87 bits per heavy atom. The van der Waals surface area contributed by atoms with E-state index in [1.54, 1.807) is 0 Å². The maximum Gasteiger partial charge on any atom is 0.305 e. The highest BCUT2D eigenvalue weighted by Crippen LogP contribution is 2.09. The van der Waals surface area contributed by atoms with E-state index < -0.39 is 0 Å². The summed E-state index contributed by atoms with van der Waals surface area (Å²) in [7, 11) is 0. The quantitative estimate of drug-likeness (QED) is 0.137. The Bertz CT molecular complexity index is 365. The number of esters is 1. The SMILES string of the molecule is CCNC(=NCCCCCCC(=O)OCC)NC1CC=CC1.I. The van der Waals surface area contributed by atoms with E-state index in [1.807, 2.05) is 6.92 Å². The number of hydrogen-bond donors (Lipinski definition) is 2. The molecule has 6 heteroatoms. The first-order chi connectivity index (χ1) is 10.8. The molecule has 0 radical (unpaired) electrons. The number of ether oxygens (including phenoxy) is 1. The van der Waals surface area contributed by atoms with E-state index in [0.717, 1.165) is 57.6 Å². The Balaban J connectivity index is 0.00000484. The van der Waals surface area contributed by atoms with Crippen LogP contribution in [0.4, 0.5) is 0 Å². The molecule has 134 valence electrons. The Morgan fingerprint density at radius 3 is 2.52 bits per heavy atom. The summed E-state index contributed by atoms with van der Waals surface area (Å²) in [5, 5.41) is 6.75. The molecular weight excluding hydrogens is 405 g/mol. The van der Waals surface area contributed by atoms with E-state index >= 15 is 0 Å². The molecule has 0 saturated heterocycles. The maximum atomic E-state index is 11.2. The van der Waals surface area contributed by atoms with E-state index in [-0.39, 0.29) is 29.9 Å². The summed E-state index contributed by atoms with van der Waals surface area (Å²) in [5.41, 5.74) is 0. The highest BCUT2D eigenvalue weighted by molar-refractivity contribution is 14.0. The van der Waals surface area contributed by atoms with Crippen molar-refractivity contribution < 1.29 is 9.53 Å². The summed E-state index contributed by atoms with van der Waals surface area (Å²) in [6, 6.07) is 0.488. The normalized spacial score (nSPS) is 14.4. The summed E-state index contributed by atoms with van der Waals surface area (Å²) in [4.78, 5) is 15.8. The number of aliphatic imine (C=N–C) groups is 1. The van der Waals surface area contributed by atoms with Crippen molar-refractivity contribution in [3.05, 3.63) is 12.2 Å². The molecule has 0 fully saturated rings. The van der Waals surface area contributed by atoms with Crippen LogP contribution in [0.15, 0.2) is 17.1 Å². The van der Waals surface area contributed by atoms with Crippen LogP contribution in [-0.4, -0.2) is 37.7 Å². The van der Waals surface area contributed by atoms with Crippen LogP contribution in [0, 0.1) is 0 Å². The Kier molecular flexibility index (Phi) is 14.3. The van der Waals surface area contributed by atoms with Gasteiger partial charge in [-0.2, -0.15) is 0 Å². The van der Waals surface area contributed by atoms with E-state index in [2.05, 4.69) is 34.7 Å². The van der Waals surface area contributed by atoms with Crippen LogP contribution in [0.5, 0.6) is 0 Å². The second kappa shape index (κ2) is 14.8. The van der Waals surface area contributed by atoms with Gasteiger partial charge in [0.15, 0.2) is 5.96 Å². The number of carbonyl (C=O) groups is 1. The summed E-state index contributed by atoms with van der Waals surface area (Å²) < 4.78 is 4.91. The predicted octanol–water partition coefficient (Wildman–Crippen LogP) is 3.39. The fraction of sp³-hybridized carbons (Fsp3) is 0.765. The van der Waals surface area contributed by atoms with Gasteiger partial charge in [0.2, 0.25) is 0 Å². The molecule has 0 amide bonds. The van der Waals surface area contributed by atoms with Crippen molar-refractivity contribution in [1.29, 1.82) is 0 Å². The van der Waals surface area contributed by atoms with Gasteiger partial charge in [-0.05, 0) is 39.5 Å². The first kappa shape index (κ1) is 22.2. The van der Waals surface area contributed by atoms with Gasteiger partial charge in [0, 0.05) is 25.6 Å². The molecule has 0 aromatic carbocycles. The van der Waals surface area contributed by atoms with Crippen molar-refractivity contribution >= 4 is 35.9 Å². The zero-order valence-corrected chi connectivity index (χ0v) is 16.8. The molecule has 1 rings (SSSR count). The van der Waals surface area contributed by atoms with Crippen LogP contribution in [-0.2, 0) is 9.53 Å². The fourth-order valence-electron chi connectivity index (χ4n) is 2.41. The first-order valence-corrected chi connectivity index (χ1v) is 8.61. The van der Waals surface area contributed by atoms with Crippen LogP contribution in [0.25, 0.3) is 0 Å². The molecule has 0 atom stereocenters. The lowest BCUT2D eigenvalue weighted by molar-refractivity contribution is -0.143. The van der Waals surface area contributed by atoms with Crippen LogP contribution in [0.2, 0.25) is 0 Å². The molecule has 23 heavy (non-hydrogen) atoms. The van der Waals surface area contributed by atoms with E-state index in [4.69, 9.17) is 4.74 Å². The zero-order chi connectivity index (χ0) is 16.0. The van der Waals surface area contributed by atoms with Crippen molar-refractivity contribution in [2.75, 3.05) is 19.7 Å². The molecular formula is C17H32IN3O2. The molecule has 1 aliphatic carbocycles. The second-order valence-electron chi connectivity index (χ2n) is 5.51. The summed E-state index contributed by atoms with van der Waals surface area (Å²) in [6.07, 6.45) is 11.3. The number of carbonyl (C=O) groups excluding carboxylic acids is 1. The van der Waals surface area contributed by atoms with Gasteiger partial charge < -0.3 is 15.4 Å². The largest absolute Gasteiger partial charge is 0.466 e. The van der Waals surface area contributed by atoms with Crippen molar-refractivity contribution in [2.24, 2.45) is 4.99 Å². The molecule has 0 aromatic heterocycles. The van der Waals surface area contributed by atoms with Crippen LogP contribution in [0.1, 0.15) is 58.8 Å². The minimum Gasteiger partial charge on any atom is -0.466 e. The third kappa shape index (κ3) is 11.4.